The highest BCUT2D eigenvalue weighted by molar-refractivity contribution is 7.99. The van der Waals surface area contributed by atoms with Crippen LogP contribution in [0.15, 0.2) is 4.99 Å². The monoisotopic (exact) mass is 312 g/mol. The first kappa shape index (κ1) is 16.9. The molecule has 122 valence electrons. The smallest absolute Gasteiger partial charge is 0.193 e. The number of rotatable bonds is 4. The molecule has 5 heteroatoms. The van der Waals surface area contributed by atoms with Gasteiger partial charge in [0.2, 0.25) is 0 Å². The van der Waals surface area contributed by atoms with Crippen LogP contribution in [0.4, 0.5) is 0 Å². The van der Waals surface area contributed by atoms with E-state index >= 15 is 0 Å². The molecular formula is C16H32N4S. The molecule has 0 aromatic rings. The van der Waals surface area contributed by atoms with Crippen molar-refractivity contribution in [2.24, 2.45) is 10.4 Å². The van der Waals surface area contributed by atoms with E-state index in [1.807, 2.05) is 7.05 Å². The van der Waals surface area contributed by atoms with Crippen molar-refractivity contribution in [1.82, 2.24) is 15.1 Å². The van der Waals surface area contributed by atoms with E-state index in [0.29, 0.717) is 5.41 Å². The summed E-state index contributed by atoms with van der Waals surface area (Å²) in [7, 11) is 6.33. The number of hydrogen-bond donors (Lipinski definition) is 1. The Bertz CT molecular complexity index is 376. The molecule has 2 aliphatic rings. The second kappa shape index (κ2) is 6.78. The fourth-order valence-electron chi connectivity index (χ4n) is 3.32. The Morgan fingerprint density at radius 2 is 2.14 bits per heavy atom. The van der Waals surface area contributed by atoms with Crippen LogP contribution in [-0.2, 0) is 0 Å². The molecule has 2 heterocycles. The maximum absolute atomic E-state index is 4.53. The lowest BCUT2D eigenvalue weighted by Gasteiger charge is -2.37. The van der Waals surface area contributed by atoms with Gasteiger partial charge in [0, 0.05) is 38.0 Å². The van der Waals surface area contributed by atoms with Gasteiger partial charge in [-0.25, -0.2) is 0 Å². The predicted octanol–water partition coefficient (Wildman–Crippen LogP) is 2.12. The summed E-state index contributed by atoms with van der Waals surface area (Å²) < 4.78 is 0. The molecule has 0 aromatic carbocycles. The lowest BCUT2D eigenvalue weighted by Crippen LogP contribution is -2.55. The molecule has 4 nitrogen and oxygen atoms in total. The highest BCUT2D eigenvalue weighted by atomic mass is 32.2. The summed E-state index contributed by atoms with van der Waals surface area (Å²) in [6.07, 6.45) is 3.79. The van der Waals surface area contributed by atoms with Gasteiger partial charge >= 0.3 is 0 Å². The Morgan fingerprint density at radius 1 is 1.38 bits per heavy atom. The summed E-state index contributed by atoms with van der Waals surface area (Å²) in [5.41, 5.74) is 0.744. The number of aliphatic imine (C=N–C) groups is 1. The molecule has 2 aliphatic heterocycles. The molecule has 0 aliphatic carbocycles. The number of nitrogens with one attached hydrogen (secondary N) is 1. The van der Waals surface area contributed by atoms with Crippen molar-refractivity contribution in [1.29, 1.82) is 0 Å². The molecule has 2 fully saturated rings. The van der Waals surface area contributed by atoms with Crippen molar-refractivity contribution in [2.45, 2.75) is 38.6 Å². The van der Waals surface area contributed by atoms with E-state index in [1.165, 1.54) is 30.8 Å². The first-order valence-corrected chi connectivity index (χ1v) is 9.31. The first-order chi connectivity index (χ1) is 9.95. The fourth-order valence-corrected chi connectivity index (χ4v) is 4.87. The van der Waals surface area contributed by atoms with E-state index in [0.717, 1.165) is 25.6 Å². The summed E-state index contributed by atoms with van der Waals surface area (Å²) in [6.45, 7) is 7.96. The van der Waals surface area contributed by atoms with Gasteiger partial charge in [0.05, 0.1) is 0 Å². The van der Waals surface area contributed by atoms with Crippen LogP contribution in [0.5, 0.6) is 0 Å². The Morgan fingerprint density at radius 3 is 2.62 bits per heavy atom. The molecule has 0 bridgehead atoms. The second-order valence-corrected chi connectivity index (χ2v) is 8.26. The van der Waals surface area contributed by atoms with Gasteiger partial charge in [0.25, 0.3) is 0 Å². The standard InChI is InChI=1S/C16H32N4S/c1-6-15(2)7-9-20(12-15)14(17-3)18-11-16(19(4)5)8-10-21-13-16/h6-13H2,1-5H3,(H,17,18). The molecule has 2 atom stereocenters. The van der Waals surface area contributed by atoms with E-state index in [2.05, 4.69) is 59.8 Å². The van der Waals surface area contributed by atoms with Gasteiger partial charge in [-0.1, -0.05) is 13.8 Å². The minimum atomic E-state index is 0.286. The van der Waals surface area contributed by atoms with Gasteiger partial charge in [0.15, 0.2) is 5.96 Å². The highest BCUT2D eigenvalue weighted by Gasteiger charge is 2.38. The van der Waals surface area contributed by atoms with E-state index in [-0.39, 0.29) is 5.54 Å². The van der Waals surface area contributed by atoms with Gasteiger partial charge in [0.1, 0.15) is 0 Å². The van der Waals surface area contributed by atoms with Gasteiger partial charge in [-0.3, -0.25) is 4.99 Å². The van der Waals surface area contributed by atoms with Crippen molar-refractivity contribution in [2.75, 3.05) is 52.3 Å². The molecule has 0 spiro atoms. The van der Waals surface area contributed by atoms with E-state index in [9.17, 15) is 0 Å². The van der Waals surface area contributed by atoms with Crippen LogP contribution in [0.25, 0.3) is 0 Å². The van der Waals surface area contributed by atoms with Crippen molar-refractivity contribution in [3.05, 3.63) is 0 Å². The van der Waals surface area contributed by atoms with Crippen LogP contribution in [0.3, 0.4) is 0 Å². The fraction of sp³-hybridized carbons (Fsp3) is 0.938. The zero-order valence-electron chi connectivity index (χ0n) is 14.4. The number of thioether (sulfide) groups is 1. The molecule has 21 heavy (non-hydrogen) atoms. The quantitative estimate of drug-likeness (QED) is 0.636. The Kier molecular flexibility index (Phi) is 5.47. The number of likely N-dealkylation sites (tertiary alicyclic amines) is 1. The van der Waals surface area contributed by atoms with E-state index in [1.54, 1.807) is 0 Å². The van der Waals surface area contributed by atoms with Crippen LogP contribution in [0, 0.1) is 5.41 Å². The Labute approximate surface area is 134 Å². The van der Waals surface area contributed by atoms with Gasteiger partial charge < -0.3 is 15.1 Å². The second-order valence-electron chi connectivity index (χ2n) is 7.16. The summed E-state index contributed by atoms with van der Waals surface area (Å²) in [4.78, 5) is 9.36. The zero-order chi connectivity index (χ0) is 15.5. The molecule has 2 unspecified atom stereocenters. The van der Waals surface area contributed by atoms with E-state index in [4.69, 9.17) is 0 Å². The maximum Gasteiger partial charge on any atom is 0.193 e. The minimum absolute atomic E-state index is 0.286. The number of guanidine groups is 1. The predicted molar refractivity (Wildman–Crippen MR) is 94.3 cm³/mol. The topological polar surface area (TPSA) is 30.9 Å². The van der Waals surface area contributed by atoms with Crippen LogP contribution in [0.2, 0.25) is 0 Å². The molecule has 2 saturated heterocycles. The SMILES string of the molecule is CCC1(C)CCN(C(=NC)NCC2(N(C)C)CCSC2)C1. The van der Waals surface area contributed by atoms with Crippen molar-refractivity contribution < 1.29 is 0 Å². The minimum Gasteiger partial charge on any atom is -0.354 e. The van der Waals surface area contributed by atoms with Crippen LogP contribution in [-0.4, -0.2) is 73.6 Å². The van der Waals surface area contributed by atoms with E-state index < -0.39 is 0 Å². The van der Waals surface area contributed by atoms with Crippen molar-refractivity contribution >= 4 is 17.7 Å². The highest BCUT2D eigenvalue weighted by Crippen LogP contribution is 2.34. The average molecular weight is 313 g/mol. The molecule has 1 N–H and O–H groups in total. The third-order valence-corrected chi connectivity index (χ3v) is 6.76. The lowest BCUT2D eigenvalue weighted by atomic mass is 9.87. The maximum atomic E-state index is 4.53. The molecule has 0 aromatic heterocycles. The summed E-state index contributed by atoms with van der Waals surface area (Å²) >= 11 is 2.07. The van der Waals surface area contributed by atoms with Gasteiger partial charge in [-0.05, 0) is 44.5 Å². The molecular weight excluding hydrogens is 280 g/mol. The van der Waals surface area contributed by atoms with Crippen LogP contribution < -0.4 is 5.32 Å². The van der Waals surface area contributed by atoms with Crippen LogP contribution in [0.1, 0.15) is 33.1 Å². The summed E-state index contributed by atoms with van der Waals surface area (Å²) in [5, 5.41) is 3.66. The van der Waals surface area contributed by atoms with Gasteiger partial charge in [-0.15, -0.1) is 0 Å². The lowest BCUT2D eigenvalue weighted by molar-refractivity contribution is 0.181. The normalized spacial score (nSPS) is 34.0. The van der Waals surface area contributed by atoms with Gasteiger partial charge in [-0.2, -0.15) is 11.8 Å². The van der Waals surface area contributed by atoms with Crippen LogP contribution >= 0.6 is 11.8 Å². The Balaban J connectivity index is 1.95. The summed E-state index contributed by atoms with van der Waals surface area (Å²) in [5.74, 6) is 3.58. The third kappa shape index (κ3) is 3.67. The average Bonchev–Trinajstić information content (AvgIpc) is 3.08. The first-order valence-electron chi connectivity index (χ1n) is 8.15. The number of hydrogen-bond acceptors (Lipinski definition) is 3. The van der Waals surface area contributed by atoms with Crippen molar-refractivity contribution in [3.8, 4) is 0 Å². The number of likely N-dealkylation sites (N-methyl/N-ethyl adjacent to an activating group) is 1. The number of nitrogens with zero attached hydrogens (tertiary/aromatic N) is 3. The molecule has 0 radical (unpaired) electrons. The third-order valence-electron chi connectivity index (χ3n) is 5.53. The summed E-state index contributed by atoms with van der Waals surface area (Å²) in [6, 6.07) is 0. The molecule has 0 amide bonds. The van der Waals surface area contributed by atoms with Crippen molar-refractivity contribution in [3.63, 3.8) is 0 Å². The molecule has 2 rings (SSSR count). The Hall–Kier alpha value is -0.420. The largest absolute Gasteiger partial charge is 0.354 e. The molecule has 0 saturated carbocycles. The zero-order valence-corrected chi connectivity index (χ0v) is 15.2.